The van der Waals surface area contributed by atoms with Crippen LogP contribution in [0.1, 0.15) is 50.4 Å². The molecule has 0 aliphatic heterocycles. The van der Waals surface area contributed by atoms with Crippen molar-refractivity contribution in [1.29, 1.82) is 0 Å². The highest BCUT2D eigenvalue weighted by Gasteiger charge is 2.10. The number of ether oxygens (including phenoxy) is 1. The van der Waals surface area contributed by atoms with E-state index in [4.69, 9.17) is 4.74 Å². The maximum atomic E-state index is 12.1. The molecule has 1 aromatic rings. The standard InChI is InChI=1S/C18H23NO2.C2H6/c1-3-13-19(2)18(20)16-9-11-17(12-10-16)21-14-15-7-5-4-6-8-15;1-2/h5,7-12H,3-4,6,13-14H2,1-2H3;1-2H3. The second-order valence-corrected chi connectivity index (χ2v) is 5.30. The van der Waals surface area contributed by atoms with Crippen LogP contribution in [0.5, 0.6) is 5.75 Å². The van der Waals surface area contributed by atoms with E-state index in [1.54, 1.807) is 4.90 Å². The molecule has 0 spiro atoms. The molecule has 0 fully saturated rings. The van der Waals surface area contributed by atoms with Crippen LogP contribution in [0.2, 0.25) is 0 Å². The summed E-state index contributed by atoms with van der Waals surface area (Å²) in [6.07, 6.45) is 9.66. The lowest BCUT2D eigenvalue weighted by Gasteiger charge is -2.16. The topological polar surface area (TPSA) is 29.5 Å². The van der Waals surface area contributed by atoms with Crippen LogP contribution < -0.4 is 4.74 Å². The average Bonchev–Trinajstić information content (AvgIpc) is 2.62. The molecule has 0 bridgehead atoms. The second-order valence-electron chi connectivity index (χ2n) is 5.30. The van der Waals surface area contributed by atoms with E-state index in [2.05, 4.69) is 25.2 Å². The zero-order chi connectivity index (χ0) is 17.1. The Hall–Kier alpha value is -2.03. The smallest absolute Gasteiger partial charge is 0.253 e. The minimum Gasteiger partial charge on any atom is -0.489 e. The number of hydrogen-bond acceptors (Lipinski definition) is 2. The molecule has 1 aliphatic rings. The number of hydrogen-bond donors (Lipinski definition) is 0. The Morgan fingerprint density at radius 1 is 1.17 bits per heavy atom. The van der Waals surface area contributed by atoms with Gasteiger partial charge < -0.3 is 9.64 Å². The molecule has 23 heavy (non-hydrogen) atoms. The number of carbonyl (C=O) groups is 1. The van der Waals surface area contributed by atoms with Crippen LogP contribution in [0.3, 0.4) is 0 Å². The Labute approximate surface area is 140 Å². The fraction of sp³-hybridized carbons (Fsp3) is 0.450. The van der Waals surface area contributed by atoms with Gasteiger partial charge in [-0.15, -0.1) is 0 Å². The Morgan fingerprint density at radius 2 is 1.87 bits per heavy atom. The van der Waals surface area contributed by atoms with Gasteiger partial charge in [0, 0.05) is 19.2 Å². The van der Waals surface area contributed by atoms with Gasteiger partial charge >= 0.3 is 0 Å². The van der Waals surface area contributed by atoms with E-state index in [1.807, 2.05) is 45.2 Å². The van der Waals surface area contributed by atoms with Crippen molar-refractivity contribution in [2.45, 2.75) is 40.0 Å². The number of amides is 1. The molecular weight excluding hydrogens is 286 g/mol. The Kier molecular flexibility index (Phi) is 8.81. The first kappa shape index (κ1) is 19.0. The minimum atomic E-state index is 0.0568. The average molecular weight is 315 g/mol. The van der Waals surface area contributed by atoms with E-state index >= 15 is 0 Å². The van der Waals surface area contributed by atoms with Gasteiger partial charge in [0.1, 0.15) is 12.4 Å². The Bertz CT molecular complexity index is 529. The quantitative estimate of drug-likeness (QED) is 0.751. The molecular formula is C20H29NO2. The summed E-state index contributed by atoms with van der Waals surface area (Å²) >= 11 is 0. The number of benzene rings is 1. The molecule has 0 heterocycles. The number of nitrogens with zero attached hydrogens (tertiary/aromatic N) is 1. The highest BCUT2D eigenvalue weighted by molar-refractivity contribution is 5.94. The molecule has 0 atom stereocenters. The van der Waals surface area contributed by atoms with Gasteiger partial charge in [-0.3, -0.25) is 4.79 Å². The third-order valence-corrected chi connectivity index (χ3v) is 3.48. The van der Waals surface area contributed by atoms with Crippen LogP contribution in [0.4, 0.5) is 0 Å². The van der Waals surface area contributed by atoms with Gasteiger partial charge in [0.25, 0.3) is 5.91 Å². The van der Waals surface area contributed by atoms with Crippen molar-refractivity contribution in [2.75, 3.05) is 20.2 Å². The van der Waals surface area contributed by atoms with Crippen molar-refractivity contribution in [2.24, 2.45) is 0 Å². The lowest BCUT2D eigenvalue weighted by molar-refractivity contribution is 0.0795. The molecule has 2 rings (SSSR count). The first-order valence-corrected chi connectivity index (χ1v) is 8.54. The lowest BCUT2D eigenvalue weighted by atomic mass is 10.1. The third kappa shape index (κ3) is 6.31. The van der Waals surface area contributed by atoms with Crippen LogP contribution in [0.15, 0.2) is 48.1 Å². The van der Waals surface area contributed by atoms with E-state index in [0.717, 1.165) is 31.6 Å². The summed E-state index contributed by atoms with van der Waals surface area (Å²) in [5, 5.41) is 0. The predicted molar refractivity (Wildman–Crippen MR) is 97.0 cm³/mol. The summed E-state index contributed by atoms with van der Waals surface area (Å²) in [6, 6.07) is 7.38. The molecule has 126 valence electrons. The second kappa shape index (κ2) is 10.7. The zero-order valence-electron chi connectivity index (χ0n) is 14.8. The van der Waals surface area contributed by atoms with Crippen LogP contribution in [0, 0.1) is 0 Å². The predicted octanol–water partition coefficient (Wildman–Crippen LogP) is 4.85. The van der Waals surface area contributed by atoms with Crippen LogP contribution in [0.25, 0.3) is 0 Å². The van der Waals surface area contributed by atoms with Gasteiger partial charge in [-0.1, -0.05) is 39.0 Å². The SMILES string of the molecule is CC.CCCN(C)C(=O)c1ccc(OCC2=CCCC=C2)cc1. The third-order valence-electron chi connectivity index (χ3n) is 3.48. The maximum absolute atomic E-state index is 12.1. The van der Waals surface area contributed by atoms with Crippen LogP contribution in [-0.4, -0.2) is 31.0 Å². The molecule has 0 aromatic heterocycles. The van der Waals surface area contributed by atoms with Gasteiger partial charge in [-0.25, -0.2) is 0 Å². The molecule has 0 unspecified atom stereocenters. The van der Waals surface area contributed by atoms with Crippen molar-refractivity contribution in [3.8, 4) is 5.75 Å². The van der Waals surface area contributed by atoms with Gasteiger partial charge in [0.2, 0.25) is 0 Å². The van der Waals surface area contributed by atoms with Crippen molar-refractivity contribution in [3.63, 3.8) is 0 Å². The van der Waals surface area contributed by atoms with Crippen molar-refractivity contribution < 1.29 is 9.53 Å². The highest BCUT2D eigenvalue weighted by atomic mass is 16.5. The minimum absolute atomic E-state index is 0.0568. The normalized spacial score (nSPS) is 12.8. The molecule has 0 saturated heterocycles. The van der Waals surface area contributed by atoms with Crippen LogP contribution in [-0.2, 0) is 0 Å². The highest BCUT2D eigenvalue weighted by Crippen LogP contribution is 2.16. The van der Waals surface area contributed by atoms with E-state index in [9.17, 15) is 4.79 Å². The van der Waals surface area contributed by atoms with Gasteiger partial charge in [0.05, 0.1) is 0 Å². The molecule has 0 saturated carbocycles. The van der Waals surface area contributed by atoms with Gasteiger partial charge in [-0.2, -0.15) is 0 Å². The molecule has 3 nitrogen and oxygen atoms in total. The Morgan fingerprint density at radius 3 is 2.43 bits per heavy atom. The number of allylic oxidation sites excluding steroid dienone is 2. The summed E-state index contributed by atoms with van der Waals surface area (Å²) in [4.78, 5) is 13.9. The molecule has 1 amide bonds. The lowest BCUT2D eigenvalue weighted by Crippen LogP contribution is -2.27. The molecule has 3 heteroatoms. The maximum Gasteiger partial charge on any atom is 0.253 e. The fourth-order valence-electron chi connectivity index (χ4n) is 2.29. The van der Waals surface area contributed by atoms with E-state index < -0.39 is 0 Å². The van der Waals surface area contributed by atoms with Crippen LogP contribution >= 0.6 is 0 Å². The van der Waals surface area contributed by atoms with Crippen molar-refractivity contribution in [3.05, 3.63) is 53.6 Å². The van der Waals surface area contributed by atoms with Gasteiger partial charge in [-0.05, 0) is 49.1 Å². The Balaban J connectivity index is 0.00000127. The zero-order valence-corrected chi connectivity index (χ0v) is 14.8. The van der Waals surface area contributed by atoms with Gasteiger partial charge in [0.15, 0.2) is 0 Å². The summed E-state index contributed by atoms with van der Waals surface area (Å²) in [5.41, 5.74) is 1.92. The first-order chi connectivity index (χ1) is 11.2. The van der Waals surface area contributed by atoms with E-state index in [-0.39, 0.29) is 5.91 Å². The molecule has 0 radical (unpaired) electrons. The summed E-state index contributed by atoms with van der Waals surface area (Å²) in [5.74, 6) is 0.853. The van der Waals surface area contributed by atoms with E-state index in [0.29, 0.717) is 12.2 Å². The summed E-state index contributed by atoms with van der Waals surface area (Å²) in [7, 11) is 1.83. The molecule has 1 aromatic carbocycles. The largest absolute Gasteiger partial charge is 0.489 e. The summed E-state index contributed by atoms with van der Waals surface area (Å²) in [6.45, 7) is 7.42. The first-order valence-electron chi connectivity index (χ1n) is 8.54. The van der Waals surface area contributed by atoms with E-state index in [1.165, 1.54) is 5.57 Å². The van der Waals surface area contributed by atoms with Crippen molar-refractivity contribution in [1.82, 2.24) is 4.90 Å². The van der Waals surface area contributed by atoms with Crippen molar-refractivity contribution >= 4 is 5.91 Å². The fourth-order valence-corrected chi connectivity index (χ4v) is 2.29. The number of rotatable bonds is 6. The number of carbonyl (C=O) groups excluding carboxylic acids is 1. The molecule has 0 N–H and O–H groups in total. The molecule has 1 aliphatic carbocycles. The summed E-state index contributed by atoms with van der Waals surface area (Å²) < 4.78 is 5.74. The monoisotopic (exact) mass is 315 g/mol.